The van der Waals surface area contributed by atoms with Crippen molar-refractivity contribution in [3.05, 3.63) is 23.3 Å². The summed E-state index contributed by atoms with van der Waals surface area (Å²) in [7, 11) is 0. The number of rotatable bonds is 2. The maximum atomic E-state index is 14.7. The Morgan fingerprint density at radius 2 is 1.68 bits per heavy atom. The first-order chi connectivity index (χ1) is 20.4. The van der Waals surface area contributed by atoms with Crippen LogP contribution in [0.15, 0.2) is 23.3 Å². The standard InChI is InChI=1S/C36H51N3O5/c1-30(2)24-8-9-34(6)25(33(24,5)19-23(21-37)28(30)41)18-27(40)36(43)26-20-31(3,10-11-32(26,4)12-13-35(34,36)7)22-38-29(42)39-14-16-44-17-15-39/h18-19,24,26,43H,8-17,20,22H2,1-7H3,(H,38,42)/t24-,26+,31-,32+,33-,34+,35-,36+/m0/s1. The fraction of sp³-hybridized carbons (Fsp3) is 0.778. The van der Waals surface area contributed by atoms with Crippen molar-refractivity contribution < 1.29 is 24.2 Å². The predicted octanol–water partition coefficient (Wildman–Crippen LogP) is 5.36. The molecule has 8 atom stereocenters. The molecule has 6 aliphatic rings. The Kier molecular flexibility index (Phi) is 6.98. The van der Waals surface area contributed by atoms with Crippen LogP contribution >= 0.6 is 0 Å². The molecule has 0 radical (unpaired) electrons. The number of aliphatic hydroxyl groups is 1. The number of carbonyl (C=O) groups is 3. The second-order valence-corrected chi connectivity index (χ2v) is 16.9. The van der Waals surface area contributed by atoms with Gasteiger partial charge in [-0.05, 0) is 78.8 Å². The molecular formula is C36H51N3O5. The molecule has 0 spiro atoms. The van der Waals surface area contributed by atoms with Crippen LogP contribution in [-0.2, 0) is 14.3 Å². The van der Waals surface area contributed by atoms with Crippen LogP contribution in [0.3, 0.4) is 0 Å². The molecule has 44 heavy (non-hydrogen) atoms. The number of nitrogens with one attached hydrogen (secondary N) is 1. The lowest BCUT2D eigenvalue weighted by Crippen LogP contribution is -2.74. The van der Waals surface area contributed by atoms with Crippen LogP contribution in [0.2, 0.25) is 0 Å². The molecule has 8 nitrogen and oxygen atoms in total. The Labute approximate surface area is 262 Å². The molecule has 3 saturated carbocycles. The highest BCUT2D eigenvalue weighted by Gasteiger charge is 2.75. The molecule has 2 N–H and O–H groups in total. The molecule has 1 saturated heterocycles. The molecule has 0 bridgehead atoms. The van der Waals surface area contributed by atoms with Crippen LogP contribution in [0.25, 0.3) is 0 Å². The number of amides is 2. The van der Waals surface area contributed by atoms with E-state index in [4.69, 9.17) is 4.74 Å². The first-order valence-electron chi connectivity index (χ1n) is 16.7. The lowest BCUT2D eigenvalue weighted by molar-refractivity contribution is -0.243. The van der Waals surface area contributed by atoms with Crippen molar-refractivity contribution in [1.29, 1.82) is 5.26 Å². The molecule has 8 heteroatoms. The van der Waals surface area contributed by atoms with Gasteiger partial charge in [-0.25, -0.2) is 4.79 Å². The van der Waals surface area contributed by atoms with Gasteiger partial charge < -0.3 is 20.1 Å². The first-order valence-corrected chi connectivity index (χ1v) is 16.7. The highest BCUT2D eigenvalue weighted by molar-refractivity contribution is 6.05. The van der Waals surface area contributed by atoms with Crippen LogP contribution < -0.4 is 5.32 Å². The van der Waals surface area contributed by atoms with Crippen LogP contribution in [-0.4, -0.2) is 66.1 Å². The number of fused-ring (bicyclic) bond motifs is 7. The molecule has 4 fully saturated rings. The summed E-state index contributed by atoms with van der Waals surface area (Å²) in [5.74, 6) is -0.640. The summed E-state index contributed by atoms with van der Waals surface area (Å²) in [5.41, 5.74) is -3.42. The van der Waals surface area contributed by atoms with Crippen molar-refractivity contribution in [3.8, 4) is 6.07 Å². The Morgan fingerprint density at radius 3 is 2.34 bits per heavy atom. The number of ether oxygens (including phenoxy) is 1. The number of nitriles is 1. The minimum absolute atomic E-state index is 0.0385. The number of morpholine rings is 1. The quantitative estimate of drug-likeness (QED) is 0.437. The number of hydrogen-bond donors (Lipinski definition) is 2. The van der Waals surface area contributed by atoms with Crippen molar-refractivity contribution >= 4 is 17.6 Å². The lowest BCUT2D eigenvalue weighted by atomic mass is 9.33. The smallest absolute Gasteiger partial charge is 0.317 e. The van der Waals surface area contributed by atoms with Crippen LogP contribution in [0.5, 0.6) is 0 Å². The first kappa shape index (κ1) is 31.5. The van der Waals surface area contributed by atoms with Crippen molar-refractivity contribution in [2.24, 2.45) is 44.3 Å². The minimum atomic E-state index is -1.56. The summed E-state index contributed by atoms with van der Waals surface area (Å²) in [6.07, 6.45) is 9.27. The van der Waals surface area contributed by atoms with E-state index < -0.39 is 27.3 Å². The van der Waals surface area contributed by atoms with Crippen molar-refractivity contribution in [2.45, 2.75) is 99.0 Å². The maximum absolute atomic E-state index is 14.7. The number of hydrogen-bond acceptors (Lipinski definition) is 6. The zero-order valence-electron chi connectivity index (χ0n) is 27.8. The van der Waals surface area contributed by atoms with Gasteiger partial charge in [0.2, 0.25) is 0 Å². The van der Waals surface area contributed by atoms with Gasteiger partial charge in [-0.15, -0.1) is 0 Å². The minimum Gasteiger partial charge on any atom is -0.381 e. The fourth-order valence-corrected chi connectivity index (χ4v) is 11.2. The van der Waals surface area contributed by atoms with Gasteiger partial charge in [-0.2, -0.15) is 5.26 Å². The van der Waals surface area contributed by atoms with Crippen LogP contribution in [0, 0.1) is 55.7 Å². The van der Waals surface area contributed by atoms with E-state index >= 15 is 0 Å². The van der Waals surface area contributed by atoms with Crippen molar-refractivity contribution in [3.63, 3.8) is 0 Å². The Bertz CT molecular complexity index is 1400. The Morgan fingerprint density at radius 1 is 1.02 bits per heavy atom. The van der Waals surface area contributed by atoms with E-state index in [9.17, 15) is 24.8 Å². The van der Waals surface area contributed by atoms with E-state index in [-0.39, 0.29) is 45.8 Å². The van der Waals surface area contributed by atoms with Gasteiger partial charge >= 0.3 is 6.03 Å². The fourth-order valence-electron chi connectivity index (χ4n) is 11.2. The maximum Gasteiger partial charge on any atom is 0.317 e. The summed E-state index contributed by atoms with van der Waals surface area (Å²) in [6, 6.07) is 2.09. The van der Waals surface area contributed by atoms with Gasteiger partial charge in [0.1, 0.15) is 11.7 Å². The van der Waals surface area contributed by atoms with E-state index in [1.165, 1.54) is 0 Å². The van der Waals surface area contributed by atoms with Crippen LogP contribution in [0.4, 0.5) is 4.79 Å². The largest absolute Gasteiger partial charge is 0.381 e. The summed E-state index contributed by atoms with van der Waals surface area (Å²) < 4.78 is 5.40. The van der Waals surface area contributed by atoms with Gasteiger partial charge in [0, 0.05) is 41.8 Å². The average Bonchev–Trinajstić information content (AvgIpc) is 2.99. The number of allylic oxidation sites excluding steroid dienone is 3. The normalized spacial score (nSPS) is 46.3. The molecule has 0 aromatic heterocycles. The van der Waals surface area contributed by atoms with E-state index in [0.29, 0.717) is 39.3 Å². The lowest BCUT2D eigenvalue weighted by Gasteiger charge is -2.71. The molecule has 2 amide bonds. The van der Waals surface area contributed by atoms with Crippen LogP contribution in [0.1, 0.15) is 93.4 Å². The zero-order chi connectivity index (χ0) is 32.1. The SMILES string of the molecule is CC1(C)C(=O)C(C#N)=C[C@]2(C)C3=CC(=O)[C@]4(O)[C@@H]5C[C@@](C)(CNC(=O)N6CCOCC6)CC[C@]5(C)CC[C@@]4(C)[C@]3(C)CC[C@@H]12. The number of Topliss-reactive ketones (excluding diaryl/α,β-unsaturated/α-hetero) is 1. The molecule has 0 aromatic carbocycles. The second-order valence-electron chi connectivity index (χ2n) is 16.9. The Hall–Kier alpha value is -2.50. The predicted molar refractivity (Wildman–Crippen MR) is 166 cm³/mol. The van der Waals surface area contributed by atoms with E-state index in [1.807, 2.05) is 19.9 Å². The number of urea groups is 1. The summed E-state index contributed by atoms with van der Waals surface area (Å²) in [6.45, 7) is 17.6. The van der Waals surface area contributed by atoms with Gasteiger partial charge in [0.15, 0.2) is 11.6 Å². The van der Waals surface area contributed by atoms with Crippen molar-refractivity contribution in [1.82, 2.24) is 10.2 Å². The number of carbonyl (C=O) groups excluding carboxylic acids is 3. The average molecular weight is 606 g/mol. The third-order valence-corrected chi connectivity index (χ3v) is 14.3. The monoisotopic (exact) mass is 605 g/mol. The third kappa shape index (κ3) is 3.97. The zero-order valence-corrected chi connectivity index (χ0v) is 27.8. The van der Waals surface area contributed by atoms with E-state index in [1.54, 1.807) is 11.0 Å². The summed E-state index contributed by atoms with van der Waals surface area (Å²) >= 11 is 0. The highest BCUT2D eigenvalue weighted by atomic mass is 16.5. The van der Waals surface area contributed by atoms with Gasteiger partial charge in [0.25, 0.3) is 0 Å². The van der Waals surface area contributed by atoms with Gasteiger partial charge in [-0.3, -0.25) is 9.59 Å². The third-order valence-electron chi connectivity index (χ3n) is 14.3. The number of nitrogens with zero attached hydrogens (tertiary/aromatic N) is 2. The van der Waals surface area contributed by atoms with Crippen molar-refractivity contribution in [2.75, 3.05) is 32.8 Å². The molecule has 1 heterocycles. The summed E-state index contributed by atoms with van der Waals surface area (Å²) in [5, 5.41) is 26.2. The summed E-state index contributed by atoms with van der Waals surface area (Å²) in [4.78, 5) is 42.7. The van der Waals surface area contributed by atoms with E-state index in [0.717, 1.165) is 44.1 Å². The molecule has 6 rings (SSSR count). The van der Waals surface area contributed by atoms with E-state index in [2.05, 4.69) is 46.0 Å². The molecule has 1 aliphatic heterocycles. The molecule has 0 aromatic rings. The highest BCUT2D eigenvalue weighted by Crippen LogP contribution is 2.75. The van der Waals surface area contributed by atoms with Gasteiger partial charge in [-0.1, -0.05) is 54.5 Å². The van der Waals surface area contributed by atoms with Gasteiger partial charge in [0.05, 0.1) is 18.8 Å². The Balaban J connectivity index is 1.38. The molecular weight excluding hydrogens is 554 g/mol. The second kappa shape index (κ2) is 9.75. The molecule has 5 aliphatic carbocycles. The topological polar surface area (TPSA) is 120 Å². The number of ketones is 2. The molecule has 0 unspecified atom stereocenters. The molecule has 240 valence electrons.